The van der Waals surface area contributed by atoms with E-state index in [0.717, 1.165) is 27.8 Å². The largest absolute Gasteiger partial charge is 0.479 e. The highest BCUT2D eigenvalue weighted by Crippen LogP contribution is 2.33. The number of nitrogens with zero attached hydrogens (tertiary/aromatic N) is 2. The summed E-state index contributed by atoms with van der Waals surface area (Å²) in [5.41, 5.74) is 4.48. The molecule has 2 aliphatic heterocycles. The second-order valence-electron chi connectivity index (χ2n) is 12.7. The Morgan fingerprint density at radius 1 is 0.719 bits per heavy atom. The van der Waals surface area contributed by atoms with Gasteiger partial charge in [-0.15, -0.1) is 0 Å². The second kappa shape index (κ2) is 23.8. The van der Waals surface area contributed by atoms with E-state index >= 15 is 0 Å². The van der Waals surface area contributed by atoms with Gasteiger partial charge in [0.1, 0.15) is 4.83 Å². The SMILES string of the molecule is CCOC(=O)C1c2ccccc2CC(=O)N1CCCF.CCOC(=O)Cc1ccccc1C(Br)C(=O)OCC.O=C(O)C1c2ccccc2CC(=O)N1CCCF. The molecule has 0 spiro atoms. The van der Waals surface area contributed by atoms with Crippen molar-refractivity contribution >= 4 is 51.6 Å². The molecule has 1 N–H and O–H groups in total. The van der Waals surface area contributed by atoms with Crippen molar-refractivity contribution in [3.63, 3.8) is 0 Å². The lowest BCUT2D eigenvalue weighted by Crippen LogP contribution is -2.45. The Labute approximate surface area is 339 Å². The van der Waals surface area contributed by atoms with Gasteiger partial charge in [0, 0.05) is 13.1 Å². The number of aliphatic carboxylic acids is 1. The molecule has 2 amide bonds. The molecule has 308 valence electrons. The molecule has 0 aliphatic carbocycles. The zero-order valence-corrected chi connectivity index (χ0v) is 33.9. The summed E-state index contributed by atoms with van der Waals surface area (Å²) in [5, 5.41) is 9.28. The molecule has 0 radical (unpaired) electrons. The first-order chi connectivity index (χ1) is 27.4. The normalized spacial score (nSPS) is 16.0. The van der Waals surface area contributed by atoms with Gasteiger partial charge in [-0.1, -0.05) is 88.7 Å². The van der Waals surface area contributed by atoms with Gasteiger partial charge in [0.2, 0.25) is 11.8 Å². The molecule has 0 fully saturated rings. The number of halogens is 3. The van der Waals surface area contributed by atoms with Crippen LogP contribution in [0.5, 0.6) is 0 Å². The van der Waals surface area contributed by atoms with Crippen LogP contribution in [0, 0.1) is 0 Å². The van der Waals surface area contributed by atoms with Gasteiger partial charge in [0.05, 0.1) is 52.4 Å². The highest BCUT2D eigenvalue weighted by atomic mass is 79.9. The molecule has 3 atom stereocenters. The van der Waals surface area contributed by atoms with Crippen LogP contribution in [0.4, 0.5) is 8.78 Å². The number of hydrogen-bond acceptors (Lipinski definition) is 9. The van der Waals surface area contributed by atoms with Crippen molar-refractivity contribution in [3.8, 4) is 0 Å². The number of carbonyl (C=O) groups is 6. The molecular formula is C42H49BrF2N2O10. The summed E-state index contributed by atoms with van der Waals surface area (Å²) in [7, 11) is 0. The Kier molecular flexibility index (Phi) is 19.3. The standard InChI is InChI=1S/C15H18FNO3.C14H17BrO4.C13H14FNO3/c1-2-20-15(19)14-12-7-4-3-6-11(12)10-13(18)17(14)9-5-8-16;1-3-18-12(16)9-10-7-5-6-8-11(10)13(15)14(17)19-4-2;14-6-3-7-15-11(16)8-9-4-1-2-5-10(9)12(15)13(17)18/h3-4,6-7,14H,2,5,8-10H2,1H3;5-8,13H,3-4,9H2,1-2H3;1-2,4-5,12H,3,6-8H2,(H,17,18). The molecule has 2 aliphatic rings. The van der Waals surface area contributed by atoms with Gasteiger partial charge in [0.25, 0.3) is 0 Å². The van der Waals surface area contributed by atoms with Gasteiger partial charge in [0.15, 0.2) is 12.1 Å². The lowest BCUT2D eigenvalue weighted by Gasteiger charge is -2.35. The van der Waals surface area contributed by atoms with Crippen LogP contribution in [-0.2, 0) is 62.2 Å². The first-order valence-electron chi connectivity index (χ1n) is 18.7. The monoisotopic (exact) mass is 858 g/mol. The Morgan fingerprint density at radius 2 is 1.19 bits per heavy atom. The Balaban J connectivity index is 0.000000229. The third-order valence-corrected chi connectivity index (χ3v) is 9.78. The summed E-state index contributed by atoms with van der Waals surface area (Å²) < 4.78 is 39.6. The minimum atomic E-state index is -1.07. The van der Waals surface area contributed by atoms with Crippen molar-refractivity contribution < 1.29 is 56.9 Å². The maximum atomic E-state index is 12.4. The van der Waals surface area contributed by atoms with Crippen LogP contribution in [0.15, 0.2) is 72.8 Å². The number of fused-ring (bicyclic) bond motifs is 2. The Hall–Kier alpha value is -5.18. The van der Waals surface area contributed by atoms with E-state index in [1.807, 2.05) is 36.4 Å². The maximum absolute atomic E-state index is 12.4. The summed E-state index contributed by atoms with van der Waals surface area (Å²) in [6, 6.07) is 19.8. The third-order valence-electron chi connectivity index (χ3n) is 8.92. The van der Waals surface area contributed by atoms with Crippen LogP contribution >= 0.6 is 15.9 Å². The van der Waals surface area contributed by atoms with Gasteiger partial charge in [-0.2, -0.15) is 0 Å². The zero-order valence-electron chi connectivity index (χ0n) is 32.3. The Bertz CT molecular complexity index is 1840. The van der Waals surface area contributed by atoms with E-state index in [2.05, 4.69) is 15.9 Å². The molecule has 3 unspecified atom stereocenters. The van der Waals surface area contributed by atoms with E-state index in [1.165, 1.54) is 9.80 Å². The van der Waals surface area contributed by atoms with E-state index in [4.69, 9.17) is 14.2 Å². The quantitative estimate of drug-likeness (QED) is 0.103. The first kappa shape index (κ1) is 46.2. The first-order valence-corrected chi connectivity index (χ1v) is 19.6. The van der Waals surface area contributed by atoms with Crippen molar-refractivity contribution in [3.05, 3.63) is 106 Å². The van der Waals surface area contributed by atoms with Crippen LogP contribution in [0.2, 0.25) is 0 Å². The molecule has 0 bridgehead atoms. The van der Waals surface area contributed by atoms with Crippen LogP contribution in [0.25, 0.3) is 0 Å². The fourth-order valence-electron chi connectivity index (χ4n) is 6.44. The number of esters is 3. The summed E-state index contributed by atoms with van der Waals surface area (Å²) in [4.78, 5) is 73.0. The zero-order chi connectivity index (χ0) is 41.9. The lowest BCUT2D eigenvalue weighted by atomic mass is 9.92. The van der Waals surface area contributed by atoms with Gasteiger partial charge >= 0.3 is 23.9 Å². The number of rotatable bonds is 15. The minimum absolute atomic E-state index is 0.140. The van der Waals surface area contributed by atoms with Gasteiger partial charge in [-0.25, -0.2) is 9.59 Å². The van der Waals surface area contributed by atoms with Crippen LogP contribution < -0.4 is 0 Å². The number of ether oxygens (including phenoxy) is 3. The van der Waals surface area contributed by atoms with Gasteiger partial charge in [-0.3, -0.25) is 28.0 Å². The van der Waals surface area contributed by atoms with E-state index in [9.17, 15) is 42.7 Å². The van der Waals surface area contributed by atoms with Crippen LogP contribution in [0.3, 0.4) is 0 Å². The molecule has 12 nitrogen and oxygen atoms in total. The van der Waals surface area contributed by atoms with E-state index < -0.39 is 42.2 Å². The lowest BCUT2D eigenvalue weighted by molar-refractivity contribution is -0.156. The van der Waals surface area contributed by atoms with E-state index in [-0.39, 0.29) is 75.6 Å². The molecule has 57 heavy (non-hydrogen) atoms. The predicted octanol–water partition coefficient (Wildman–Crippen LogP) is 6.38. The van der Waals surface area contributed by atoms with Crippen molar-refractivity contribution in [1.82, 2.24) is 9.80 Å². The Morgan fingerprint density at radius 3 is 1.70 bits per heavy atom. The summed E-state index contributed by atoms with van der Waals surface area (Å²) >= 11 is 3.31. The van der Waals surface area contributed by atoms with Crippen LogP contribution in [-0.4, -0.2) is 96.9 Å². The minimum Gasteiger partial charge on any atom is -0.479 e. The molecule has 0 aromatic heterocycles. The second-order valence-corrected chi connectivity index (χ2v) is 13.6. The highest BCUT2D eigenvalue weighted by Gasteiger charge is 2.38. The molecule has 3 aromatic rings. The van der Waals surface area contributed by atoms with E-state index in [0.29, 0.717) is 18.8 Å². The number of carboxylic acids is 1. The smallest absolute Gasteiger partial charge is 0.333 e. The van der Waals surface area contributed by atoms with Gasteiger partial charge < -0.3 is 29.1 Å². The van der Waals surface area contributed by atoms with Crippen LogP contribution in [0.1, 0.15) is 83.9 Å². The summed E-state index contributed by atoms with van der Waals surface area (Å²) in [5.74, 6) is -2.61. The third kappa shape index (κ3) is 12.9. The van der Waals surface area contributed by atoms with E-state index in [1.54, 1.807) is 57.2 Å². The number of carboxylic acid groups (broad SMARTS) is 1. The average molecular weight is 860 g/mol. The summed E-state index contributed by atoms with van der Waals surface area (Å²) in [6.45, 7) is 5.45. The van der Waals surface area contributed by atoms with Crippen molar-refractivity contribution in [2.24, 2.45) is 0 Å². The number of carbonyl (C=O) groups excluding carboxylic acids is 5. The molecule has 0 saturated heterocycles. The number of amides is 2. The molecule has 15 heteroatoms. The summed E-state index contributed by atoms with van der Waals surface area (Å²) in [6.07, 6.45) is 0.970. The molecule has 3 aromatic carbocycles. The molecule has 2 heterocycles. The van der Waals surface area contributed by atoms with Crippen molar-refractivity contribution in [1.29, 1.82) is 0 Å². The molecule has 0 saturated carbocycles. The number of hydrogen-bond donors (Lipinski definition) is 1. The van der Waals surface area contributed by atoms with Crippen molar-refractivity contribution in [2.45, 2.75) is 69.8 Å². The number of alkyl halides is 3. The molecular weight excluding hydrogens is 810 g/mol. The van der Waals surface area contributed by atoms with Gasteiger partial charge in [-0.05, 0) is 67.0 Å². The highest BCUT2D eigenvalue weighted by molar-refractivity contribution is 9.09. The topological polar surface area (TPSA) is 157 Å². The van der Waals surface area contributed by atoms with Crippen molar-refractivity contribution in [2.75, 3.05) is 46.3 Å². The average Bonchev–Trinajstić information content (AvgIpc) is 3.19. The predicted molar refractivity (Wildman–Crippen MR) is 210 cm³/mol. The molecule has 5 rings (SSSR count). The fraction of sp³-hybridized carbons (Fsp3) is 0.429. The maximum Gasteiger partial charge on any atom is 0.333 e. The number of benzene rings is 3. The fourth-order valence-corrected chi connectivity index (χ4v) is 7.02.